The molecule has 0 aliphatic carbocycles. The lowest BCUT2D eigenvalue weighted by Gasteiger charge is -2.31. The molecule has 2 amide bonds. The third-order valence-electron chi connectivity index (χ3n) is 4.20. The predicted octanol–water partition coefficient (Wildman–Crippen LogP) is 3.37. The number of carbonyl (C=O) groups excluding carboxylic acids is 2. The Morgan fingerprint density at radius 3 is 2.60 bits per heavy atom. The van der Waals surface area contributed by atoms with E-state index in [0.29, 0.717) is 42.3 Å². The number of halogens is 2. The fourth-order valence-corrected chi connectivity index (χ4v) is 2.94. The molecular formula is C18H17ClFN3O2. The highest BCUT2D eigenvalue weighted by atomic mass is 35.5. The molecule has 1 saturated heterocycles. The van der Waals surface area contributed by atoms with Gasteiger partial charge in [-0.1, -0.05) is 17.7 Å². The third kappa shape index (κ3) is 4.33. The summed E-state index contributed by atoms with van der Waals surface area (Å²) >= 11 is 5.77. The van der Waals surface area contributed by atoms with Crippen molar-refractivity contribution in [3.8, 4) is 0 Å². The van der Waals surface area contributed by atoms with Gasteiger partial charge in [-0.15, -0.1) is 0 Å². The van der Waals surface area contributed by atoms with Gasteiger partial charge in [0.25, 0.3) is 5.91 Å². The molecule has 1 aliphatic rings. The maximum atomic E-state index is 13.3. The summed E-state index contributed by atoms with van der Waals surface area (Å²) in [6.45, 7) is 0.920. The number of carbonyl (C=O) groups is 2. The number of anilines is 1. The molecule has 2 heterocycles. The van der Waals surface area contributed by atoms with E-state index in [2.05, 4.69) is 10.3 Å². The first-order valence-corrected chi connectivity index (χ1v) is 8.38. The lowest BCUT2D eigenvalue weighted by molar-refractivity contribution is -0.121. The van der Waals surface area contributed by atoms with Crippen molar-refractivity contribution in [2.24, 2.45) is 5.92 Å². The van der Waals surface area contributed by atoms with Crippen molar-refractivity contribution < 1.29 is 14.0 Å². The van der Waals surface area contributed by atoms with Gasteiger partial charge in [0.1, 0.15) is 11.6 Å². The summed E-state index contributed by atoms with van der Waals surface area (Å²) in [6, 6.07) is 8.94. The summed E-state index contributed by atoms with van der Waals surface area (Å²) in [4.78, 5) is 30.4. The van der Waals surface area contributed by atoms with E-state index < -0.39 is 5.82 Å². The zero-order valence-corrected chi connectivity index (χ0v) is 14.2. The van der Waals surface area contributed by atoms with Crippen molar-refractivity contribution >= 4 is 29.2 Å². The third-order valence-corrected chi connectivity index (χ3v) is 4.43. The first kappa shape index (κ1) is 17.4. The van der Waals surface area contributed by atoms with Crippen LogP contribution < -0.4 is 5.32 Å². The summed E-state index contributed by atoms with van der Waals surface area (Å²) in [5.74, 6) is -0.498. The van der Waals surface area contributed by atoms with Gasteiger partial charge in [0.05, 0.1) is 5.02 Å². The second-order valence-electron chi connectivity index (χ2n) is 5.93. The summed E-state index contributed by atoms with van der Waals surface area (Å²) < 4.78 is 13.3. The molecule has 25 heavy (non-hydrogen) atoms. The molecule has 0 bridgehead atoms. The summed E-state index contributed by atoms with van der Waals surface area (Å²) in [7, 11) is 0. The highest BCUT2D eigenvalue weighted by Crippen LogP contribution is 2.21. The highest BCUT2D eigenvalue weighted by molar-refractivity contribution is 6.30. The van der Waals surface area contributed by atoms with Crippen molar-refractivity contribution in [2.75, 3.05) is 18.4 Å². The summed E-state index contributed by atoms with van der Waals surface area (Å²) in [5.41, 5.74) is 0.327. The van der Waals surface area contributed by atoms with Crippen LogP contribution in [0.2, 0.25) is 5.02 Å². The Morgan fingerprint density at radius 1 is 1.20 bits per heavy atom. The number of nitrogens with zero attached hydrogens (tertiary/aromatic N) is 2. The SMILES string of the molecule is O=C(Nc1ccc(Cl)cn1)C1CCN(C(=O)c2cccc(F)c2)CC1. The van der Waals surface area contributed by atoms with Crippen molar-refractivity contribution in [3.05, 3.63) is 59.0 Å². The average molecular weight is 362 g/mol. The fourth-order valence-electron chi connectivity index (χ4n) is 2.83. The number of hydrogen-bond acceptors (Lipinski definition) is 3. The van der Waals surface area contributed by atoms with Gasteiger partial charge in [-0.05, 0) is 43.2 Å². The molecule has 1 N–H and O–H groups in total. The normalized spacial score (nSPS) is 15.0. The molecular weight excluding hydrogens is 345 g/mol. The largest absolute Gasteiger partial charge is 0.339 e. The maximum Gasteiger partial charge on any atom is 0.253 e. The van der Waals surface area contributed by atoms with Crippen LogP contribution in [0.1, 0.15) is 23.2 Å². The van der Waals surface area contributed by atoms with Crippen molar-refractivity contribution in [1.29, 1.82) is 0 Å². The molecule has 1 aliphatic heterocycles. The van der Waals surface area contributed by atoms with Crippen LogP contribution >= 0.6 is 11.6 Å². The van der Waals surface area contributed by atoms with E-state index in [1.54, 1.807) is 23.1 Å². The van der Waals surface area contributed by atoms with Gasteiger partial charge in [-0.2, -0.15) is 0 Å². The van der Waals surface area contributed by atoms with Gasteiger partial charge in [0.2, 0.25) is 5.91 Å². The predicted molar refractivity (Wildman–Crippen MR) is 92.9 cm³/mol. The van der Waals surface area contributed by atoms with Crippen LogP contribution in [-0.2, 0) is 4.79 Å². The first-order chi connectivity index (χ1) is 12.0. The highest BCUT2D eigenvalue weighted by Gasteiger charge is 2.28. The summed E-state index contributed by atoms with van der Waals surface area (Å²) in [6.07, 6.45) is 2.58. The number of nitrogens with one attached hydrogen (secondary N) is 1. The Labute approximate surface area is 149 Å². The Morgan fingerprint density at radius 2 is 1.96 bits per heavy atom. The quantitative estimate of drug-likeness (QED) is 0.911. The van der Waals surface area contributed by atoms with E-state index in [-0.39, 0.29) is 17.7 Å². The molecule has 3 rings (SSSR count). The zero-order chi connectivity index (χ0) is 17.8. The van der Waals surface area contributed by atoms with Crippen molar-refractivity contribution in [2.45, 2.75) is 12.8 Å². The van der Waals surface area contributed by atoms with Gasteiger partial charge in [0.15, 0.2) is 0 Å². The lowest BCUT2D eigenvalue weighted by atomic mass is 9.95. The average Bonchev–Trinajstić information content (AvgIpc) is 2.63. The molecule has 130 valence electrons. The summed E-state index contributed by atoms with van der Waals surface area (Å²) in [5, 5.41) is 3.26. The van der Waals surface area contributed by atoms with Crippen LogP contribution in [0.5, 0.6) is 0 Å². The van der Waals surface area contributed by atoms with Gasteiger partial charge >= 0.3 is 0 Å². The molecule has 0 saturated carbocycles. The lowest BCUT2D eigenvalue weighted by Crippen LogP contribution is -2.41. The Balaban J connectivity index is 1.55. The molecule has 5 nitrogen and oxygen atoms in total. The number of piperidine rings is 1. The van der Waals surface area contributed by atoms with Gasteiger partial charge < -0.3 is 10.2 Å². The van der Waals surface area contributed by atoms with E-state index in [9.17, 15) is 14.0 Å². The molecule has 1 aromatic carbocycles. The maximum absolute atomic E-state index is 13.3. The number of likely N-dealkylation sites (tertiary alicyclic amines) is 1. The fraction of sp³-hybridized carbons (Fsp3) is 0.278. The first-order valence-electron chi connectivity index (χ1n) is 8.00. The molecule has 2 aromatic rings. The minimum Gasteiger partial charge on any atom is -0.339 e. The molecule has 7 heteroatoms. The van der Waals surface area contributed by atoms with Crippen molar-refractivity contribution in [1.82, 2.24) is 9.88 Å². The Kier molecular flexibility index (Phi) is 5.28. The van der Waals surface area contributed by atoms with Crippen LogP contribution in [-0.4, -0.2) is 34.8 Å². The molecule has 0 atom stereocenters. The van der Waals surface area contributed by atoms with Crippen LogP contribution in [0, 0.1) is 11.7 Å². The number of rotatable bonds is 3. The van der Waals surface area contributed by atoms with Gasteiger partial charge in [-0.25, -0.2) is 9.37 Å². The molecule has 0 radical (unpaired) electrons. The number of hydrogen-bond donors (Lipinski definition) is 1. The van der Waals surface area contributed by atoms with Crippen LogP contribution in [0.15, 0.2) is 42.6 Å². The van der Waals surface area contributed by atoms with Crippen molar-refractivity contribution in [3.63, 3.8) is 0 Å². The minimum absolute atomic E-state index is 0.118. The topological polar surface area (TPSA) is 62.3 Å². The number of benzene rings is 1. The Bertz CT molecular complexity index is 774. The van der Waals surface area contributed by atoms with Gasteiger partial charge in [-0.3, -0.25) is 9.59 Å². The molecule has 1 fully saturated rings. The van der Waals surface area contributed by atoms with Crippen LogP contribution in [0.3, 0.4) is 0 Å². The van der Waals surface area contributed by atoms with E-state index in [0.717, 1.165) is 0 Å². The molecule has 1 aromatic heterocycles. The van der Waals surface area contributed by atoms with E-state index in [1.807, 2.05) is 0 Å². The van der Waals surface area contributed by atoms with E-state index in [4.69, 9.17) is 11.6 Å². The number of aromatic nitrogens is 1. The molecule has 0 spiro atoms. The zero-order valence-electron chi connectivity index (χ0n) is 13.4. The monoisotopic (exact) mass is 361 g/mol. The smallest absolute Gasteiger partial charge is 0.253 e. The van der Waals surface area contributed by atoms with Crippen LogP contribution in [0.25, 0.3) is 0 Å². The second kappa shape index (κ2) is 7.61. The second-order valence-corrected chi connectivity index (χ2v) is 6.36. The van der Waals surface area contributed by atoms with Crippen LogP contribution in [0.4, 0.5) is 10.2 Å². The standard InChI is InChI=1S/C18H17ClFN3O2/c19-14-4-5-16(21-11-14)22-17(24)12-6-8-23(9-7-12)18(25)13-2-1-3-15(20)10-13/h1-5,10-12H,6-9H2,(H,21,22,24). The number of pyridine rings is 1. The van der Waals surface area contributed by atoms with E-state index in [1.165, 1.54) is 24.4 Å². The Hall–Kier alpha value is -2.47. The number of amides is 2. The molecule has 0 unspecified atom stereocenters. The van der Waals surface area contributed by atoms with Gasteiger partial charge in [0, 0.05) is 30.8 Å². The minimum atomic E-state index is -0.435. The van der Waals surface area contributed by atoms with E-state index >= 15 is 0 Å².